The number of thiophene rings is 1. The molecule has 0 atom stereocenters. The lowest BCUT2D eigenvalue weighted by Gasteiger charge is -2.19. The Morgan fingerprint density at radius 3 is 2.92 bits per heavy atom. The van der Waals surface area contributed by atoms with Gasteiger partial charge < -0.3 is 4.74 Å². The maximum Gasteiger partial charge on any atom is 0.316 e. The number of fused-ring (bicyclic) bond motifs is 1. The number of nitrogens with zero attached hydrogens (tertiary/aromatic N) is 3. The molecule has 0 aliphatic heterocycles. The zero-order chi connectivity index (χ0) is 17.3. The van der Waals surface area contributed by atoms with Gasteiger partial charge in [-0.05, 0) is 38.3 Å². The summed E-state index contributed by atoms with van der Waals surface area (Å²) in [6, 6.07) is 5.57. The summed E-state index contributed by atoms with van der Waals surface area (Å²) in [6.07, 6.45) is 0. The average Bonchev–Trinajstić information content (AvgIpc) is 3.14. The second-order valence-electron chi connectivity index (χ2n) is 6.01. The summed E-state index contributed by atoms with van der Waals surface area (Å²) in [5.41, 5.74) is 0.221. The number of aromatic amines is 1. The molecule has 0 saturated heterocycles. The van der Waals surface area contributed by atoms with Crippen molar-refractivity contribution < 1.29 is 9.53 Å². The van der Waals surface area contributed by atoms with Crippen LogP contribution in [0.4, 0.5) is 0 Å². The number of hydrogen-bond acceptors (Lipinski definition) is 7. The molecule has 0 bridgehead atoms. The van der Waals surface area contributed by atoms with Crippen molar-refractivity contribution in [2.45, 2.75) is 31.5 Å². The maximum atomic E-state index is 12.0. The van der Waals surface area contributed by atoms with E-state index in [9.17, 15) is 9.59 Å². The molecule has 0 aromatic carbocycles. The molecule has 0 unspecified atom stereocenters. The fraction of sp³-hybridized carbons (Fsp3) is 0.333. The lowest BCUT2D eigenvalue weighted by atomic mass is 10.2. The minimum absolute atomic E-state index is 0.0829. The van der Waals surface area contributed by atoms with Crippen molar-refractivity contribution in [3.63, 3.8) is 0 Å². The van der Waals surface area contributed by atoms with Crippen LogP contribution in [0, 0.1) is 0 Å². The fourth-order valence-electron chi connectivity index (χ4n) is 2.02. The van der Waals surface area contributed by atoms with Crippen LogP contribution >= 0.6 is 23.1 Å². The van der Waals surface area contributed by atoms with Crippen LogP contribution in [0.3, 0.4) is 0 Å². The first-order valence-corrected chi connectivity index (χ1v) is 9.07. The minimum atomic E-state index is -0.538. The quantitative estimate of drug-likeness (QED) is 0.565. The molecule has 0 fully saturated rings. The molecule has 0 amide bonds. The van der Waals surface area contributed by atoms with Crippen LogP contribution in [0.1, 0.15) is 20.8 Å². The summed E-state index contributed by atoms with van der Waals surface area (Å²) in [6.45, 7) is 5.44. The predicted octanol–water partition coefficient (Wildman–Crippen LogP) is 2.58. The van der Waals surface area contributed by atoms with Gasteiger partial charge in [0.1, 0.15) is 16.8 Å². The highest BCUT2D eigenvalue weighted by Crippen LogP contribution is 2.25. The number of carbonyl (C=O) groups excluding carboxylic acids is 1. The van der Waals surface area contributed by atoms with Gasteiger partial charge in [-0.2, -0.15) is 5.10 Å². The molecule has 1 N–H and O–H groups in total. The molecule has 0 spiro atoms. The number of rotatable bonds is 4. The van der Waals surface area contributed by atoms with Crippen LogP contribution in [0.15, 0.2) is 33.5 Å². The molecule has 0 saturated carbocycles. The number of esters is 1. The molecule has 3 rings (SSSR count). The summed E-state index contributed by atoms with van der Waals surface area (Å²) < 4.78 is 6.73. The lowest BCUT2D eigenvalue weighted by molar-refractivity contribution is -0.151. The van der Waals surface area contributed by atoms with Crippen LogP contribution in [0.2, 0.25) is 0 Å². The minimum Gasteiger partial charge on any atom is -0.459 e. The molecule has 3 aromatic rings. The van der Waals surface area contributed by atoms with Crippen molar-refractivity contribution in [2.24, 2.45) is 0 Å². The molecule has 126 valence electrons. The van der Waals surface area contributed by atoms with Crippen LogP contribution in [0.5, 0.6) is 0 Å². The van der Waals surface area contributed by atoms with E-state index in [0.717, 1.165) is 4.88 Å². The topological polar surface area (TPSA) is 89.3 Å². The van der Waals surface area contributed by atoms with Gasteiger partial charge in [0.05, 0.1) is 10.6 Å². The van der Waals surface area contributed by atoms with Gasteiger partial charge in [-0.3, -0.25) is 9.59 Å². The largest absolute Gasteiger partial charge is 0.459 e. The molecule has 24 heavy (non-hydrogen) atoms. The Labute approximate surface area is 146 Å². The van der Waals surface area contributed by atoms with E-state index < -0.39 is 5.60 Å². The molecule has 3 heterocycles. The van der Waals surface area contributed by atoms with E-state index in [2.05, 4.69) is 15.3 Å². The first-order chi connectivity index (χ1) is 11.3. The standard InChI is InChI=1S/C15H16N4O3S2/c1-15(2,3)22-12(20)8-24-14-17-16-13(21)10-7-9(18-19(10)14)11-5-4-6-23-11/h4-7H,8H2,1-3H3,(H,16,21). The number of thioether (sulfide) groups is 1. The Hall–Kier alpha value is -2.13. The highest BCUT2D eigenvalue weighted by molar-refractivity contribution is 7.99. The Balaban J connectivity index is 1.87. The normalized spacial score (nSPS) is 11.8. The van der Waals surface area contributed by atoms with Crippen LogP contribution < -0.4 is 5.56 Å². The smallest absolute Gasteiger partial charge is 0.316 e. The van der Waals surface area contributed by atoms with Crippen molar-refractivity contribution >= 4 is 34.6 Å². The van der Waals surface area contributed by atoms with Crippen LogP contribution in [-0.4, -0.2) is 37.1 Å². The second kappa shape index (κ2) is 6.40. The Bertz CT molecular complexity index is 922. The zero-order valence-corrected chi connectivity index (χ0v) is 15.0. The molecule has 0 radical (unpaired) electrons. The van der Waals surface area contributed by atoms with Gasteiger partial charge in [0.25, 0.3) is 5.56 Å². The number of carbonyl (C=O) groups is 1. The monoisotopic (exact) mass is 364 g/mol. The molecule has 9 heteroatoms. The Morgan fingerprint density at radius 1 is 1.46 bits per heavy atom. The van der Waals surface area contributed by atoms with Gasteiger partial charge in [-0.25, -0.2) is 9.61 Å². The summed E-state index contributed by atoms with van der Waals surface area (Å²) in [4.78, 5) is 24.8. The van der Waals surface area contributed by atoms with Crippen molar-refractivity contribution in [1.29, 1.82) is 0 Å². The second-order valence-corrected chi connectivity index (χ2v) is 7.90. The van der Waals surface area contributed by atoms with E-state index in [1.807, 2.05) is 38.3 Å². The number of ether oxygens (including phenoxy) is 1. The first kappa shape index (κ1) is 16.7. The maximum absolute atomic E-state index is 12.0. The van der Waals surface area contributed by atoms with Gasteiger partial charge in [0.15, 0.2) is 0 Å². The van der Waals surface area contributed by atoms with Gasteiger partial charge in [-0.15, -0.1) is 16.4 Å². The van der Waals surface area contributed by atoms with Crippen molar-refractivity contribution in [3.8, 4) is 10.6 Å². The summed E-state index contributed by atoms with van der Waals surface area (Å²) in [7, 11) is 0. The molecule has 3 aromatic heterocycles. The summed E-state index contributed by atoms with van der Waals surface area (Å²) >= 11 is 2.70. The average molecular weight is 364 g/mol. The fourth-order valence-corrected chi connectivity index (χ4v) is 3.38. The van der Waals surface area contributed by atoms with E-state index in [1.54, 1.807) is 6.07 Å². The molecule has 7 nitrogen and oxygen atoms in total. The summed E-state index contributed by atoms with van der Waals surface area (Å²) in [5.74, 6) is -0.265. The van der Waals surface area contributed by atoms with Gasteiger partial charge in [-0.1, -0.05) is 17.8 Å². The zero-order valence-electron chi connectivity index (χ0n) is 13.4. The SMILES string of the molecule is CC(C)(C)OC(=O)CSc1n[nH]c(=O)c2cc(-c3cccs3)nn12. The molecule has 0 aliphatic rings. The highest BCUT2D eigenvalue weighted by Gasteiger charge is 2.18. The summed E-state index contributed by atoms with van der Waals surface area (Å²) in [5, 5.41) is 13.2. The third kappa shape index (κ3) is 3.68. The van der Waals surface area contributed by atoms with E-state index >= 15 is 0 Å². The van der Waals surface area contributed by atoms with Crippen LogP contribution in [0.25, 0.3) is 16.1 Å². The van der Waals surface area contributed by atoms with Gasteiger partial charge >= 0.3 is 5.97 Å². The first-order valence-electron chi connectivity index (χ1n) is 7.20. The highest BCUT2D eigenvalue weighted by atomic mass is 32.2. The van der Waals surface area contributed by atoms with Gasteiger partial charge in [0, 0.05) is 0 Å². The predicted molar refractivity (Wildman–Crippen MR) is 93.5 cm³/mol. The molecular formula is C15H16N4O3S2. The lowest BCUT2D eigenvalue weighted by Crippen LogP contribution is -2.25. The van der Waals surface area contributed by atoms with E-state index in [-0.39, 0.29) is 17.3 Å². The molecular weight excluding hydrogens is 348 g/mol. The third-order valence-electron chi connectivity index (χ3n) is 2.89. The van der Waals surface area contributed by atoms with Gasteiger partial charge in [0.2, 0.25) is 5.16 Å². The Kier molecular flexibility index (Phi) is 4.46. The van der Waals surface area contributed by atoms with E-state index in [4.69, 9.17) is 4.74 Å². The number of nitrogens with one attached hydrogen (secondary N) is 1. The number of H-pyrrole nitrogens is 1. The van der Waals surface area contributed by atoms with E-state index in [1.165, 1.54) is 27.6 Å². The van der Waals surface area contributed by atoms with Crippen LogP contribution in [-0.2, 0) is 9.53 Å². The van der Waals surface area contributed by atoms with Crippen molar-refractivity contribution in [3.05, 3.63) is 33.9 Å². The molecule has 0 aliphatic carbocycles. The Morgan fingerprint density at radius 2 is 2.25 bits per heavy atom. The number of hydrogen-bond donors (Lipinski definition) is 1. The van der Waals surface area contributed by atoms with E-state index in [0.29, 0.717) is 16.4 Å². The third-order valence-corrected chi connectivity index (χ3v) is 4.68. The number of aromatic nitrogens is 4. The van der Waals surface area contributed by atoms with Crippen molar-refractivity contribution in [2.75, 3.05) is 5.75 Å². The van der Waals surface area contributed by atoms with Crippen molar-refractivity contribution in [1.82, 2.24) is 19.8 Å².